The zero-order valence-corrected chi connectivity index (χ0v) is 18.6. The SMILES string of the molecule is O=C(C=Cc1ccc(Sc2ccccc2Br)c(Cl)c1)N1CCCC(CCO)C1. The van der Waals surface area contributed by atoms with E-state index in [1.54, 1.807) is 17.8 Å². The van der Waals surface area contributed by atoms with Gasteiger partial charge in [-0.15, -0.1) is 0 Å². The molecule has 0 saturated carbocycles. The van der Waals surface area contributed by atoms with Crippen LogP contribution in [0.4, 0.5) is 0 Å². The molecule has 1 heterocycles. The Kier molecular flexibility index (Phi) is 8.03. The molecule has 3 rings (SSSR count). The van der Waals surface area contributed by atoms with Crippen LogP contribution in [0.15, 0.2) is 62.8 Å². The zero-order valence-electron chi connectivity index (χ0n) is 15.5. The van der Waals surface area contributed by atoms with Gasteiger partial charge in [0.2, 0.25) is 5.91 Å². The van der Waals surface area contributed by atoms with E-state index in [2.05, 4.69) is 15.9 Å². The van der Waals surface area contributed by atoms with Crippen LogP contribution in [-0.2, 0) is 4.79 Å². The molecular weight excluding hydrogens is 458 g/mol. The lowest BCUT2D eigenvalue weighted by Gasteiger charge is -2.31. The van der Waals surface area contributed by atoms with Crippen LogP contribution in [0.3, 0.4) is 0 Å². The highest BCUT2D eigenvalue weighted by molar-refractivity contribution is 9.10. The molecule has 1 aliphatic heterocycles. The van der Waals surface area contributed by atoms with Crippen LogP contribution in [0.2, 0.25) is 5.02 Å². The third-order valence-corrected chi connectivity index (χ3v) is 7.33. The molecule has 1 aliphatic rings. The van der Waals surface area contributed by atoms with E-state index in [4.69, 9.17) is 16.7 Å². The summed E-state index contributed by atoms with van der Waals surface area (Å²) in [4.78, 5) is 16.4. The molecule has 1 N–H and O–H groups in total. The van der Waals surface area contributed by atoms with Gasteiger partial charge in [0.15, 0.2) is 0 Å². The Labute approximate surface area is 183 Å². The van der Waals surface area contributed by atoms with Gasteiger partial charge in [-0.05, 0) is 77.0 Å². The predicted molar refractivity (Wildman–Crippen MR) is 120 cm³/mol. The second-order valence-electron chi connectivity index (χ2n) is 6.86. The highest BCUT2D eigenvalue weighted by Gasteiger charge is 2.21. The number of piperidine rings is 1. The van der Waals surface area contributed by atoms with Gasteiger partial charge in [0.25, 0.3) is 0 Å². The van der Waals surface area contributed by atoms with Gasteiger partial charge < -0.3 is 10.0 Å². The number of aliphatic hydroxyl groups is 1. The first-order chi connectivity index (χ1) is 13.6. The molecule has 148 valence electrons. The molecule has 1 unspecified atom stereocenters. The highest BCUT2D eigenvalue weighted by Crippen LogP contribution is 2.37. The van der Waals surface area contributed by atoms with Crippen molar-refractivity contribution in [2.24, 2.45) is 5.92 Å². The van der Waals surface area contributed by atoms with Gasteiger partial charge >= 0.3 is 0 Å². The van der Waals surface area contributed by atoms with E-state index >= 15 is 0 Å². The first-order valence-corrected chi connectivity index (χ1v) is 11.4. The fraction of sp³-hybridized carbons (Fsp3) is 0.318. The Morgan fingerprint density at radius 1 is 1.29 bits per heavy atom. The second kappa shape index (κ2) is 10.5. The van der Waals surface area contributed by atoms with Crippen molar-refractivity contribution in [1.82, 2.24) is 4.90 Å². The molecule has 0 spiro atoms. The number of rotatable bonds is 6. The zero-order chi connectivity index (χ0) is 19.9. The summed E-state index contributed by atoms with van der Waals surface area (Å²) in [7, 11) is 0. The van der Waals surface area contributed by atoms with Gasteiger partial charge in [-0.3, -0.25) is 4.79 Å². The van der Waals surface area contributed by atoms with Crippen LogP contribution >= 0.6 is 39.3 Å². The van der Waals surface area contributed by atoms with E-state index < -0.39 is 0 Å². The van der Waals surface area contributed by atoms with Crippen molar-refractivity contribution in [3.05, 3.63) is 63.6 Å². The normalized spacial score (nSPS) is 17.2. The molecule has 1 fully saturated rings. The number of aliphatic hydroxyl groups excluding tert-OH is 1. The van der Waals surface area contributed by atoms with Crippen LogP contribution in [0.1, 0.15) is 24.8 Å². The number of halogens is 2. The minimum Gasteiger partial charge on any atom is -0.396 e. The van der Waals surface area contributed by atoms with Crippen LogP contribution in [-0.4, -0.2) is 35.6 Å². The first-order valence-electron chi connectivity index (χ1n) is 9.36. The summed E-state index contributed by atoms with van der Waals surface area (Å²) in [5, 5.41) is 9.78. The van der Waals surface area contributed by atoms with E-state index in [0.29, 0.717) is 10.9 Å². The minimum atomic E-state index is 0.0189. The summed E-state index contributed by atoms with van der Waals surface area (Å²) in [6.07, 6.45) is 6.28. The van der Waals surface area contributed by atoms with E-state index in [0.717, 1.165) is 52.2 Å². The van der Waals surface area contributed by atoms with Crippen LogP contribution < -0.4 is 0 Å². The Hall–Kier alpha value is -1.27. The van der Waals surface area contributed by atoms with Crippen molar-refractivity contribution in [2.75, 3.05) is 19.7 Å². The molecule has 0 bridgehead atoms. The van der Waals surface area contributed by atoms with Gasteiger partial charge in [0, 0.05) is 40.0 Å². The number of likely N-dealkylation sites (tertiary alicyclic amines) is 1. The average molecular weight is 481 g/mol. The Morgan fingerprint density at radius 3 is 2.86 bits per heavy atom. The molecule has 6 heteroatoms. The standard InChI is InChI=1S/C22H23BrClNO2S/c23-18-5-1-2-6-20(18)28-21-9-7-16(14-19(21)24)8-10-22(27)25-12-3-4-17(15-25)11-13-26/h1-2,5-10,14,17,26H,3-4,11-13,15H2. The van der Waals surface area contributed by atoms with Crippen molar-refractivity contribution >= 4 is 51.3 Å². The number of carbonyl (C=O) groups is 1. The second-order valence-corrected chi connectivity index (χ2v) is 9.21. The quantitative estimate of drug-likeness (QED) is 0.524. The number of nitrogens with zero attached hydrogens (tertiary/aromatic N) is 1. The van der Waals surface area contributed by atoms with Crippen molar-refractivity contribution in [3.8, 4) is 0 Å². The molecule has 1 amide bonds. The molecular formula is C22H23BrClNO2S. The van der Waals surface area contributed by atoms with E-state index in [1.807, 2.05) is 53.4 Å². The van der Waals surface area contributed by atoms with Crippen LogP contribution in [0.5, 0.6) is 0 Å². The van der Waals surface area contributed by atoms with Gasteiger partial charge in [0.1, 0.15) is 0 Å². The molecule has 1 atom stereocenters. The fourth-order valence-electron chi connectivity index (χ4n) is 3.31. The highest BCUT2D eigenvalue weighted by atomic mass is 79.9. The molecule has 2 aromatic carbocycles. The van der Waals surface area contributed by atoms with E-state index in [1.165, 1.54) is 0 Å². The van der Waals surface area contributed by atoms with Gasteiger partial charge in [-0.2, -0.15) is 0 Å². The lowest BCUT2D eigenvalue weighted by atomic mass is 9.95. The molecule has 28 heavy (non-hydrogen) atoms. The third-order valence-electron chi connectivity index (χ3n) is 4.80. The monoisotopic (exact) mass is 479 g/mol. The lowest BCUT2D eigenvalue weighted by Crippen LogP contribution is -2.39. The predicted octanol–water partition coefficient (Wildman–Crippen LogP) is 5.89. The summed E-state index contributed by atoms with van der Waals surface area (Å²) >= 11 is 11.6. The summed E-state index contributed by atoms with van der Waals surface area (Å²) < 4.78 is 1.03. The number of hydrogen-bond donors (Lipinski definition) is 1. The van der Waals surface area contributed by atoms with E-state index in [9.17, 15) is 4.79 Å². The van der Waals surface area contributed by atoms with Crippen molar-refractivity contribution in [1.29, 1.82) is 0 Å². The first kappa shape index (κ1) is 21.4. The Balaban J connectivity index is 1.63. The van der Waals surface area contributed by atoms with Gasteiger partial charge in [0.05, 0.1) is 5.02 Å². The molecule has 1 saturated heterocycles. The summed E-state index contributed by atoms with van der Waals surface area (Å²) in [5.74, 6) is 0.421. The number of carbonyl (C=O) groups excluding carboxylic acids is 1. The minimum absolute atomic E-state index is 0.0189. The molecule has 0 aromatic heterocycles. The Bertz CT molecular complexity index is 856. The molecule has 2 aromatic rings. The molecule has 0 radical (unpaired) electrons. The van der Waals surface area contributed by atoms with Crippen molar-refractivity contribution < 1.29 is 9.90 Å². The number of amides is 1. The smallest absolute Gasteiger partial charge is 0.246 e. The maximum Gasteiger partial charge on any atom is 0.246 e. The summed E-state index contributed by atoms with van der Waals surface area (Å²) in [6, 6.07) is 13.9. The fourth-order valence-corrected chi connectivity index (χ4v) is 4.98. The molecule has 0 aliphatic carbocycles. The summed E-state index contributed by atoms with van der Waals surface area (Å²) in [5.41, 5.74) is 0.902. The number of benzene rings is 2. The van der Waals surface area contributed by atoms with Gasteiger partial charge in [-0.25, -0.2) is 0 Å². The van der Waals surface area contributed by atoms with Crippen molar-refractivity contribution in [3.63, 3.8) is 0 Å². The molecule has 3 nitrogen and oxygen atoms in total. The topological polar surface area (TPSA) is 40.5 Å². The maximum atomic E-state index is 12.5. The summed E-state index contributed by atoms with van der Waals surface area (Å²) in [6.45, 7) is 1.70. The maximum absolute atomic E-state index is 12.5. The largest absolute Gasteiger partial charge is 0.396 e. The third kappa shape index (κ3) is 5.86. The number of hydrogen-bond acceptors (Lipinski definition) is 3. The average Bonchev–Trinajstić information content (AvgIpc) is 2.70. The van der Waals surface area contributed by atoms with Gasteiger partial charge in [-0.1, -0.05) is 41.6 Å². The Morgan fingerprint density at radius 2 is 2.11 bits per heavy atom. The van der Waals surface area contributed by atoms with Crippen LogP contribution in [0.25, 0.3) is 6.08 Å². The van der Waals surface area contributed by atoms with E-state index in [-0.39, 0.29) is 12.5 Å². The van der Waals surface area contributed by atoms with Crippen LogP contribution in [0, 0.1) is 5.92 Å². The van der Waals surface area contributed by atoms with Crippen molar-refractivity contribution in [2.45, 2.75) is 29.1 Å². The lowest BCUT2D eigenvalue weighted by molar-refractivity contribution is -0.127.